The second-order valence-corrected chi connectivity index (χ2v) is 5.54. The number of aromatic amines is 1. The summed E-state index contributed by atoms with van der Waals surface area (Å²) in [7, 11) is 0. The summed E-state index contributed by atoms with van der Waals surface area (Å²) in [4.78, 5) is 23.2. The molecule has 1 amide bonds. The number of halogens is 3. The van der Waals surface area contributed by atoms with Crippen molar-refractivity contribution in [1.29, 1.82) is 0 Å². The molecule has 1 aromatic rings. The number of nitrogens with one attached hydrogen (secondary N) is 2. The number of rotatable bonds is 1. The van der Waals surface area contributed by atoms with E-state index in [1.165, 1.54) is 4.68 Å². The van der Waals surface area contributed by atoms with E-state index >= 15 is 0 Å². The van der Waals surface area contributed by atoms with Crippen LogP contribution in [0.1, 0.15) is 30.7 Å². The highest BCUT2D eigenvalue weighted by Gasteiger charge is 2.46. The highest BCUT2D eigenvalue weighted by molar-refractivity contribution is 8.00. The Bertz CT molecular complexity index is 561. The van der Waals surface area contributed by atoms with Crippen molar-refractivity contribution in [1.82, 2.24) is 9.78 Å². The first-order valence-corrected chi connectivity index (χ1v) is 6.59. The number of anilines is 1. The number of amides is 1. The van der Waals surface area contributed by atoms with E-state index < -0.39 is 28.5 Å². The number of H-pyrrole nitrogens is 1. The third-order valence-corrected chi connectivity index (χ3v) is 3.94. The van der Waals surface area contributed by atoms with Gasteiger partial charge in [-0.05, 0) is 13.8 Å². The number of hydrogen-bond donors (Lipinski definition) is 2. The first kappa shape index (κ1) is 14.0. The number of alkyl halides is 3. The number of carbonyl (C=O) groups is 1. The molecule has 0 spiro atoms. The number of fused-ring (bicyclic) bond motifs is 1. The number of nitrogens with zero attached hydrogens (tertiary/aromatic N) is 1. The molecule has 5 nitrogen and oxygen atoms in total. The minimum absolute atomic E-state index is 0.0858. The fourth-order valence-electron chi connectivity index (χ4n) is 1.89. The van der Waals surface area contributed by atoms with Gasteiger partial charge in [-0.15, -0.1) is 11.8 Å². The van der Waals surface area contributed by atoms with Crippen molar-refractivity contribution in [3.8, 4) is 0 Å². The smallest absolute Gasteiger partial charge is 0.310 e. The molecular formula is C10H12F3N3O2S. The van der Waals surface area contributed by atoms with E-state index in [1.54, 1.807) is 13.8 Å². The summed E-state index contributed by atoms with van der Waals surface area (Å²) in [6.07, 6.45) is -4.58. The summed E-state index contributed by atoms with van der Waals surface area (Å²) in [5.41, 5.74) is -1.25. The van der Waals surface area contributed by atoms with Crippen molar-refractivity contribution in [2.75, 3.05) is 11.1 Å². The average Bonchev–Trinajstić information content (AvgIpc) is 2.47. The first-order chi connectivity index (χ1) is 8.71. The zero-order chi connectivity index (χ0) is 14.4. The lowest BCUT2D eigenvalue weighted by atomic mass is 10.2. The van der Waals surface area contributed by atoms with Crippen LogP contribution in [0.25, 0.3) is 0 Å². The highest BCUT2D eigenvalue weighted by atomic mass is 32.2. The molecule has 2 heterocycles. The van der Waals surface area contributed by atoms with Crippen LogP contribution >= 0.6 is 11.8 Å². The van der Waals surface area contributed by atoms with Gasteiger partial charge >= 0.3 is 6.18 Å². The predicted octanol–water partition coefficient (Wildman–Crippen LogP) is 2.05. The molecule has 1 aliphatic heterocycles. The van der Waals surface area contributed by atoms with E-state index in [-0.39, 0.29) is 17.6 Å². The molecule has 2 rings (SSSR count). The summed E-state index contributed by atoms with van der Waals surface area (Å²) < 4.78 is 40.2. The van der Waals surface area contributed by atoms with Gasteiger partial charge in [0.25, 0.3) is 5.56 Å². The average molecular weight is 295 g/mol. The Morgan fingerprint density at radius 1 is 1.37 bits per heavy atom. The first-order valence-electron chi connectivity index (χ1n) is 5.54. The zero-order valence-corrected chi connectivity index (χ0v) is 11.0. The van der Waals surface area contributed by atoms with E-state index in [4.69, 9.17) is 0 Å². The van der Waals surface area contributed by atoms with Gasteiger partial charge in [0, 0.05) is 6.04 Å². The molecule has 0 fully saturated rings. The second-order valence-electron chi connectivity index (χ2n) is 4.45. The summed E-state index contributed by atoms with van der Waals surface area (Å²) in [5.74, 6) is -0.972. The molecule has 0 saturated heterocycles. The normalized spacial score (nSPS) is 20.1. The molecule has 0 bridgehead atoms. The largest absolute Gasteiger partial charge is 0.404 e. The lowest BCUT2D eigenvalue weighted by molar-refractivity contribution is -0.129. The molecule has 19 heavy (non-hydrogen) atoms. The van der Waals surface area contributed by atoms with Crippen molar-refractivity contribution in [3.63, 3.8) is 0 Å². The molecular weight excluding hydrogens is 283 g/mol. The third-order valence-electron chi connectivity index (χ3n) is 2.68. The minimum atomic E-state index is -4.58. The van der Waals surface area contributed by atoms with Crippen LogP contribution in [-0.2, 0) is 4.79 Å². The summed E-state index contributed by atoms with van der Waals surface area (Å²) in [5, 5.41) is 2.71. The maximum Gasteiger partial charge on any atom is 0.404 e. The molecule has 106 valence electrons. The van der Waals surface area contributed by atoms with Crippen LogP contribution in [-0.4, -0.2) is 27.6 Å². The second kappa shape index (κ2) is 4.62. The van der Waals surface area contributed by atoms with Gasteiger partial charge in [-0.25, -0.2) is 0 Å². The van der Waals surface area contributed by atoms with Crippen molar-refractivity contribution in [2.24, 2.45) is 0 Å². The molecule has 0 unspecified atom stereocenters. The number of aromatic nitrogens is 2. The number of hydrogen-bond acceptors (Lipinski definition) is 3. The van der Waals surface area contributed by atoms with Gasteiger partial charge in [-0.3, -0.25) is 19.4 Å². The van der Waals surface area contributed by atoms with Crippen LogP contribution in [0, 0.1) is 0 Å². The number of thioether (sulfide) groups is 1. The standard InChI is InChI=1S/C10H12F3N3O2S/c1-4(2)16-8-6(9(18)15-16)7(10(11,12)13)19-3-5(17)14-8/h4,7H,3H2,1-2H3,(H,14,17)(H,15,18)/t7-/m1/s1. The Morgan fingerprint density at radius 3 is 2.53 bits per heavy atom. The van der Waals surface area contributed by atoms with Crippen LogP contribution in [0.4, 0.5) is 19.0 Å². The lowest BCUT2D eigenvalue weighted by Crippen LogP contribution is -2.23. The van der Waals surface area contributed by atoms with Crippen LogP contribution in [0.15, 0.2) is 4.79 Å². The quantitative estimate of drug-likeness (QED) is 0.833. The van der Waals surface area contributed by atoms with Crippen molar-refractivity contribution >= 4 is 23.5 Å². The number of carbonyl (C=O) groups excluding carboxylic acids is 1. The summed E-state index contributed by atoms with van der Waals surface area (Å²) in [6.45, 7) is 3.39. The molecule has 9 heteroatoms. The van der Waals surface area contributed by atoms with Crippen molar-refractivity contribution < 1.29 is 18.0 Å². The molecule has 0 aromatic carbocycles. The van der Waals surface area contributed by atoms with Crippen LogP contribution in [0.5, 0.6) is 0 Å². The van der Waals surface area contributed by atoms with Gasteiger partial charge in [-0.1, -0.05) is 0 Å². The van der Waals surface area contributed by atoms with Gasteiger partial charge < -0.3 is 5.32 Å². The summed E-state index contributed by atoms with van der Waals surface area (Å²) >= 11 is 0.411. The molecule has 0 aliphatic carbocycles. The van der Waals surface area contributed by atoms with E-state index in [2.05, 4.69) is 10.4 Å². The molecule has 0 radical (unpaired) electrons. The van der Waals surface area contributed by atoms with Crippen LogP contribution in [0.2, 0.25) is 0 Å². The van der Waals surface area contributed by atoms with E-state index in [0.717, 1.165) is 0 Å². The Labute approximate surface area is 110 Å². The molecule has 0 saturated carbocycles. The topological polar surface area (TPSA) is 66.9 Å². The fourth-order valence-corrected chi connectivity index (χ4v) is 2.85. The molecule has 1 aliphatic rings. The predicted molar refractivity (Wildman–Crippen MR) is 65.3 cm³/mol. The van der Waals surface area contributed by atoms with E-state index in [0.29, 0.717) is 11.8 Å². The van der Waals surface area contributed by atoms with Gasteiger partial charge in [0.05, 0.1) is 11.3 Å². The Balaban J connectivity index is 2.64. The Hall–Kier alpha value is -1.38. The van der Waals surface area contributed by atoms with Gasteiger partial charge in [0.15, 0.2) is 0 Å². The lowest BCUT2D eigenvalue weighted by Gasteiger charge is -2.17. The SMILES string of the molecule is CC(C)n1[nH]c(=O)c2c1NC(=O)CS[C@H]2C(F)(F)F. The van der Waals surface area contributed by atoms with Crippen LogP contribution < -0.4 is 10.9 Å². The molecule has 1 atom stereocenters. The van der Waals surface area contributed by atoms with E-state index in [1.807, 2.05) is 0 Å². The van der Waals surface area contributed by atoms with Crippen molar-refractivity contribution in [2.45, 2.75) is 31.3 Å². The highest BCUT2D eigenvalue weighted by Crippen LogP contribution is 2.46. The van der Waals surface area contributed by atoms with Gasteiger partial charge in [0.1, 0.15) is 11.1 Å². The Kier molecular flexibility index (Phi) is 3.41. The zero-order valence-electron chi connectivity index (χ0n) is 10.2. The maximum absolute atomic E-state index is 13.0. The van der Waals surface area contributed by atoms with Gasteiger partial charge in [0.2, 0.25) is 5.91 Å². The monoisotopic (exact) mass is 295 g/mol. The fraction of sp³-hybridized carbons (Fsp3) is 0.600. The molecule has 1 aromatic heterocycles. The van der Waals surface area contributed by atoms with Gasteiger partial charge in [-0.2, -0.15) is 13.2 Å². The maximum atomic E-state index is 13.0. The minimum Gasteiger partial charge on any atom is -0.310 e. The van der Waals surface area contributed by atoms with Crippen molar-refractivity contribution in [3.05, 3.63) is 15.9 Å². The third kappa shape index (κ3) is 2.51. The summed E-state index contributed by atoms with van der Waals surface area (Å²) in [6, 6.07) is -0.270. The molecule has 2 N–H and O–H groups in total. The van der Waals surface area contributed by atoms with Crippen LogP contribution in [0.3, 0.4) is 0 Å². The van der Waals surface area contributed by atoms with E-state index in [9.17, 15) is 22.8 Å². The Morgan fingerprint density at radius 2 is 2.00 bits per heavy atom.